The molecule has 1 heterocycles. The summed E-state index contributed by atoms with van der Waals surface area (Å²) in [5, 5.41) is 14.2. The summed E-state index contributed by atoms with van der Waals surface area (Å²) in [4.78, 5) is 12.2. The number of methoxy groups -OCH3 is 1. The second-order valence-corrected chi connectivity index (χ2v) is 5.55. The average Bonchev–Trinajstić information content (AvgIpc) is 2.82. The van der Waals surface area contributed by atoms with Crippen molar-refractivity contribution in [3.63, 3.8) is 0 Å². The highest BCUT2D eigenvalue weighted by Crippen LogP contribution is 2.34. The smallest absolute Gasteiger partial charge is 0.331 e. The van der Waals surface area contributed by atoms with Gasteiger partial charge in [-0.3, -0.25) is 0 Å². The normalized spacial score (nSPS) is 11.9. The predicted octanol–water partition coefficient (Wildman–Crippen LogP) is 3.76. The van der Waals surface area contributed by atoms with E-state index in [0.29, 0.717) is 11.4 Å². The predicted molar refractivity (Wildman–Crippen MR) is 79.0 cm³/mol. The molecule has 0 amide bonds. The fraction of sp³-hybridized carbons (Fsp3) is 0.154. The summed E-state index contributed by atoms with van der Waals surface area (Å²) in [7, 11) is 1.55. The fourth-order valence-corrected chi connectivity index (χ4v) is 3.31. The lowest BCUT2D eigenvalue weighted by molar-refractivity contribution is -0.138. The van der Waals surface area contributed by atoms with E-state index in [9.17, 15) is 9.90 Å². The molecule has 1 unspecified atom stereocenters. The Balaban J connectivity index is 2.32. The van der Waals surface area contributed by atoms with Crippen molar-refractivity contribution >= 4 is 38.9 Å². The number of anilines is 1. The van der Waals surface area contributed by atoms with E-state index in [2.05, 4.69) is 21.2 Å². The highest BCUT2D eigenvalue weighted by Gasteiger charge is 2.24. The molecule has 0 saturated heterocycles. The Morgan fingerprint density at radius 1 is 1.42 bits per heavy atom. The molecule has 0 fully saturated rings. The maximum Gasteiger partial charge on any atom is 0.331 e. The van der Waals surface area contributed by atoms with E-state index in [0.717, 1.165) is 9.35 Å². The van der Waals surface area contributed by atoms with Gasteiger partial charge in [0.05, 0.1) is 17.7 Å². The van der Waals surface area contributed by atoms with Crippen molar-refractivity contribution in [1.82, 2.24) is 0 Å². The van der Waals surface area contributed by atoms with Gasteiger partial charge < -0.3 is 15.2 Å². The summed E-state index contributed by atoms with van der Waals surface area (Å²) in [6, 6.07) is 8.25. The van der Waals surface area contributed by atoms with E-state index in [1.807, 2.05) is 23.6 Å². The Morgan fingerprint density at radius 3 is 2.74 bits per heavy atom. The summed E-state index contributed by atoms with van der Waals surface area (Å²) in [5.41, 5.74) is 0.651. The lowest BCUT2D eigenvalue weighted by Gasteiger charge is -2.17. The van der Waals surface area contributed by atoms with Crippen LogP contribution in [-0.4, -0.2) is 18.2 Å². The first-order valence-corrected chi connectivity index (χ1v) is 7.16. The lowest BCUT2D eigenvalue weighted by Crippen LogP contribution is -2.20. The zero-order valence-electron chi connectivity index (χ0n) is 10.1. The van der Waals surface area contributed by atoms with Gasteiger partial charge in [0.1, 0.15) is 5.75 Å². The molecule has 1 atom stereocenters. The van der Waals surface area contributed by atoms with Crippen LogP contribution in [0.3, 0.4) is 0 Å². The third-order valence-corrected chi connectivity index (χ3v) is 4.50. The van der Waals surface area contributed by atoms with E-state index in [4.69, 9.17) is 4.74 Å². The molecule has 0 radical (unpaired) electrons. The quantitative estimate of drug-likeness (QED) is 0.869. The summed E-state index contributed by atoms with van der Waals surface area (Å²) in [6.45, 7) is 0. The highest BCUT2D eigenvalue weighted by atomic mass is 79.9. The zero-order chi connectivity index (χ0) is 13.8. The van der Waals surface area contributed by atoms with Crippen LogP contribution in [0.5, 0.6) is 5.75 Å². The Labute approximate surface area is 123 Å². The first kappa shape index (κ1) is 13.9. The van der Waals surface area contributed by atoms with Gasteiger partial charge >= 0.3 is 5.97 Å². The van der Waals surface area contributed by atoms with Crippen molar-refractivity contribution in [2.45, 2.75) is 6.04 Å². The topological polar surface area (TPSA) is 58.6 Å². The van der Waals surface area contributed by atoms with Gasteiger partial charge in [-0.2, -0.15) is 0 Å². The number of carbonyl (C=O) groups is 1. The van der Waals surface area contributed by atoms with Crippen LogP contribution < -0.4 is 10.1 Å². The van der Waals surface area contributed by atoms with Gasteiger partial charge in [-0.1, -0.05) is 12.1 Å². The van der Waals surface area contributed by atoms with E-state index < -0.39 is 12.0 Å². The molecule has 1 aromatic carbocycles. The minimum Gasteiger partial charge on any atom is -0.495 e. The second kappa shape index (κ2) is 6.08. The number of hydrogen-bond acceptors (Lipinski definition) is 4. The molecular formula is C13H12BrNO3S. The second-order valence-electron chi connectivity index (χ2n) is 3.75. The Kier molecular flexibility index (Phi) is 4.44. The number of carboxylic acids is 1. The van der Waals surface area contributed by atoms with Crippen molar-refractivity contribution in [2.24, 2.45) is 0 Å². The number of carboxylic acid groups (broad SMARTS) is 1. The van der Waals surface area contributed by atoms with E-state index in [1.54, 1.807) is 19.2 Å². The van der Waals surface area contributed by atoms with E-state index >= 15 is 0 Å². The van der Waals surface area contributed by atoms with Crippen LogP contribution >= 0.6 is 27.3 Å². The van der Waals surface area contributed by atoms with Crippen LogP contribution in [0, 0.1) is 0 Å². The van der Waals surface area contributed by atoms with Gasteiger partial charge in [-0.05, 0) is 39.5 Å². The third kappa shape index (κ3) is 3.08. The molecule has 0 spiro atoms. The molecule has 0 aliphatic rings. The van der Waals surface area contributed by atoms with Crippen LogP contribution in [0.1, 0.15) is 10.9 Å². The summed E-state index contributed by atoms with van der Waals surface area (Å²) >= 11 is 4.75. The van der Waals surface area contributed by atoms with Crippen molar-refractivity contribution in [3.05, 3.63) is 45.1 Å². The minimum atomic E-state index is -0.936. The van der Waals surface area contributed by atoms with Crippen LogP contribution in [0.25, 0.3) is 0 Å². The molecule has 1 aromatic heterocycles. The van der Waals surface area contributed by atoms with Crippen LogP contribution in [0.15, 0.2) is 40.2 Å². The minimum absolute atomic E-state index is 0.612. The Hall–Kier alpha value is -1.53. The summed E-state index contributed by atoms with van der Waals surface area (Å²) in [5.74, 6) is -0.324. The number of rotatable bonds is 5. The number of aliphatic carboxylic acids is 1. The number of para-hydroxylation sites is 2. The molecule has 2 rings (SSSR count). The average molecular weight is 342 g/mol. The number of hydrogen-bond donors (Lipinski definition) is 2. The van der Waals surface area contributed by atoms with Gasteiger partial charge in [0, 0.05) is 4.47 Å². The van der Waals surface area contributed by atoms with Crippen molar-refractivity contribution in [1.29, 1.82) is 0 Å². The van der Waals surface area contributed by atoms with Crippen molar-refractivity contribution in [3.8, 4) is 5.75 Å². The zero-order valence-corrected chi connectivity index (χ0v) is 12.5. The largest absolute Gasteiger partial charge is 0.495 e. The number of ether oxygens (including phenoxy) is 1. The lowest BCUT2D eigenvalue weighted by atomic mass is 10.2. The summed E-state index contributed by atoms with van der Waals surface area (Å²) < 4.78 is 5.99. The standard InChI is InChI=1S/C13H12BrNO3S/c1-18-10-5-3-2-4-9(10)15-11(13(16)17)12-8(14)6-7-19-12/h2-7,11,15H,1H3,(H,16,17). The number of benzene rings is 1. The molecular weight excluding hydrogens is 330 g/mol. The van der Waals surface area contributed by atoms with Crippen LogP contribution in [0.4, 0.5) is 5.69 Å². The van der Waals surface area contributed by atoms with Gasteiger partial charge in [0.15, 0.2) is 6.04 Å². The maximum atomic E-state index is 11.4. The molecule has 4 nitrogen and oxygen atoms in total. The van der Waals surface area contributed by atoms with Crippen LogP contribution in [0.2, 0.25) is 0 Å². The molecule has 0 bridgehead atoms. The van der Waals surface area contributed by atoms with Gasteiger partial charge in [-0.15, -0.1) is 11.3 Å². The monoisotopic (exact) mass is 341 g/mol. The van der Waals surface area contributed by atoms with Crippen molar-refractivity contribution < 1.29 is 14.6 Å². The maximum absolute atomic E-state index is 11.4. The molecule has 2 aromatic rings. The molecule has 19 heavy (non-hydrogen) atoms. The molecule has 0 saturated carbocycles. The molecule has 0 aliphatic heterocycles. The fourth-order valence-electron chi connectivity index (χ4n) is 1.67. The van der Waals surface area contributed by atoms with Crippen LogP contribution in [-0.2, 0) is 4.79 Å². The van der Waals surface area contributed by atoms with Gasteiger partial charge in [-0.25, -0.2) is 4.79 Å². The number of halogens is 1. The molecule has 2 N–H and O–H groups in total. The van der Waals surface area contributed by atoms with Crippen molar-refractivity contribution in [2.75, 3.05) is 12.4 Å². The SMILES string of the molecule is COc1ccccc1NC(C(=O)O)c1sccc1Br. The number of thiophene rings is 1. The number of nitrogens with one attached hydrogen (secondary N) is 1. The molecule has 0 aliphatic carbocycles. The van der Waals surface area contributed by atoms with E-state index in [-0.39, 0.29) is 0 Å². The van der Waals surface area contributed by atoms with Gasteiger partial charge in [0.2, 0.25) is 0 Å². The molecule has 6 heteroatoms. The Morgan fingerprint density at radius 2 is 2.16 bits per heavy atom. The highest BCUT2D eigenvalue weighted by molar-refractivity contribution is 9.10. The van der Waals surface area contributed by atoms with E-state index in [1.165, 1.54) is 11.3 Å². The Bertz CT molecular complexity index is 585. The third-order valence-electron chi connectivity index (χ3n) is 2.56. The van der Waals surface area contributed by atoms with Gasteiger partial charge in [0.25, 0.3) is 0 Å². The first-order chi connectivity index (χ1) is 9.13. The molecule has 100 valence electrons. The first-order valence-electron chi connectivity index (χ1n) is 5.48. The summed E-state index contributed by atoms with van der Waals surface area (Å²) in [6.07, 6.45) is 0.